The molecule has 8 unspecified atom stereocenters. The fourth-order valence-electron chi connectivity index (χ4n) is 4.08. The first-order valence-corrected chi connectivity index (χ1v) is 7.98. The third-order valence-corrected chi connectivity index (χ3v) is 5.66. The highest BCUT2D eigenvalue weighted by Gasteiger charge is 2.48. The molecule has 0 aromatic heterocycles. The lowest BCUT2D eigenvalue weighted by atomic mass is 9.77. The first-order valence-electron chi connectivity index (χ1n) is 7.98. The van der Waals surface area contributed by atoms with Crippen molar-refractivity contribution in [1.82, 2.24) is 0 Å². The SMILES string of the molecule is COC1CC2OC3CC(C)C(C)CC3OC2CC1OC. The molecule has 116 valence electrons. The van der Waals surface area contributed by atoms with Crippen LogP contribution in [-0.2, 0) is 18.9 Å². The normalized spacial score (nSPS) is 52.2. The van der Waals surface area contributed by atoms with Crippen molar-refractivity contribution in [2.45, 2.75) is 76.2 Å². The summed E-state index contributed by atoms with van der Waals surface area (Å²) >= 11 is 0. The maximum Gasteiger partial charge on any atom is 0.0868 e. The molecule has 1 aliphatic heterocycles. The number of fused-ring (bicyclic) bond motifs is 2. The molecule has 0 aromatic carbocycles. The third kappa shape index (κ3) is 2.63. The van der Waals surface area contributed by atoms with Gasteiger partial charge in [0.25, 0.3) is 0 Å². The largest absolute Gasteiger partial charge is 0.379 e. The molecule has 0 amide bonds. The van der Waals surface area contributed by atoms with Crippen molar-refractivity contribution in [3.8, 4) is 0 Å². The summed E-state index contributed by atoms with van der Waals surface area (Å²) in [4.78, 5) is 0. The second kappa shape index (κ2) is 5.91. The highest BCUT2D eigenvalue weighted by molar-refractivity contribution is 4.96. The second-order valence-electron chi connectivity index (χ2n) is 6.87. The maximum absolute atomic E-state index is 6.38. The Morgan fingerprint density at radius 2 is 1.00 bits per heavy atom. The van der Waals surface area contributed by atoms with Crippen LogP contribution in [0.2, 0.25) is 0 Å². The van der Waals surface area contributed by atoms with Crippen LogP contribution in [0.4, 0.5) is 0 Å². The van der Waals surface area contributed by atoms with Crippen molar-refractivity contribution in [3.63, 3.8) is 0 Å². The van der Waals surface area contributed by atoms with Gasteiger partial charge in [0.05, 0.1) is 36.6 Å². The average Bonchev–Trinajstić information content (AvgIpc) is 2.45. The van der Waals surface area contributed by atoms with Crippen molar-refractivity contribution < 1.29 is 18.9 Å². The molecule has 2 aliphatic carbocycles. The minimum absolute atomic E-state index is 0.126. The van der Waals surface area contributed by atoms with Gasteiger partial charge in [-0.25, -0.2) is 0 Å². The molecule has 20 heavy (non-hydrogen) atoms. The van der Waals surface area contributed by atoms with E-state index < -0.39 is 0 Å². The number of rotatable bonds is 2. The van der Waals surface area contributed by atoms with Crippen LogP contribution in [0, 0.1) is 11.8 Å². The van der Waals surface area contributed by atoms with E-state index in [1.165, 1.54) is 0 Å². The van der Waals surface area contributed by atoms with Gasteiger partial charge in [-0.15, -0.1) is 0 Å². The Balaban J connectivity index is 1.68. The van der Waals surface area contributed by atoms with Gasteiger partial charge in [0, 0.05) is 27.1 Å². The fourth-order valence-corrected chi connectivity index (χ4v) is 4.08. The first-order chi connectivity index (χ1) is 9.62. The van der Waals surface area contributed by atoms with Crippen molar-refractivity contribution in [2.24, 2.45) is 11.8 Å². The molecule has 0 N–H and O–H groups in total. The Hall–Kier alpha value is -0.160. The number of methoxy groups -OCH3 is 2. The molecule has 4 nitrogen and oxygen atoms in total. The van der Waals surface area contributed by atoms with Crippen LogP contribution in [0.3, 0.4) is 0 Å². The number of hydrogen-bond donors (Lipinski definition) is 0. The fraction of sp³-hybridized carbons (Fsp3) is 1.00. The van der Waals surface area contributed by atoms with Gasteiger partial charge < -0.3 is 18.9 Å². The van der Waals surface area contributed by atoms with Gasteiger partial charge in [-0.2, -0.15) is 0 Å². The molecule has 0 radical (unpaired) electrons. The van der Waals surface area contributed by atoms with Crippen molar-refractivity contribution in [3.05, 3.63) is 0 Å². The third-order valence-electron chi connectivity index (χ3n) is 5.66. The summed E-state index contributed by atoms with van der Waals surface area (Å²) in [5, 5.41) is 0. The average molecular weight is 284 g/mol. The van der Waals surface area contributed by atoms with Crippen molar-refractivity contribution in [1.29, 1.82) is 0 Å². The summed E-state index contributed by atoms with van der Waals surface area (Å²) in [6, 6.07) is 0. The van der Waals surface area contributed by atoms with E-state index in [2.05, 4.69) is 13.8 Å². The molecule has 3 fully saturated rings. The molecule has 2 saturated carbocycles. The summed E-state index contributed by atoms with van der Waals surface area (Å²) in [5.74, 6) is 1.45. The van der Waals surface area contributed by atoms with Crippen LogP contribution in [0.1, 0.15) is 39.5 Å². The van der Waals surface area contributed by atoms with Crippen LogP contribution in [0.15, 0.2) is 0 Å². The van der Waals surface area contributed by atoms with E-state index in [0.717, 1.165) is 37.5 Å². The van der Waals surface area contributed by atoms with Crippen LogP contribution in [0.25, 0.3) is 0 Å². The van der Waals surface area contributed by atoms with Crippen LogP contribution >= 0.6 is 0 Å². The zero-order valence-electron chi connectivity index (χ0n) is 13.1. The lowest BCUT2D eigenvalue weighted by Gasteiger charge is -2.50. The molecule has 3 rings (SSSR count). The lowest BCUT2D eigenvalue weighted by Crippen LogP contribution is -2.58. The smallest absolute Gasteiger partial charge is 0.0868 e. The Morgan fingerprint density at radius 1 is 0.650 bits per heavy atom. The van der Waals surface area contributed by atoms with Crippen molar-refractivity contribution in [2.75, 3.05) is 14.2 Å². The summed E-state index contributed by atoms with van der Waals surface area (Å²) < 4.78 is 23.9. The highest BCUT2D eigenvalue weighted by Crippen LogP contribution is 2.41. The van der Waals surface area contributed by atoms with E-state index in [9.17, 15) is 0 Å². The Labute approximate surface area is 122 Å². The van der Waals surface area contributed by atoms with Crippen LogP contribution in [-0.4, -0.2) is 50.8 Å². The Bertz CT molecular complexity index is 302. The molecule has 0 spiro atoms. The minimum atomic E-state index is 0.126. The van der Waals surface area contributed by atoms with E-state index in [1.807, 2.05) is 0 Å². The van der Waals surface area contributed by atoms with Gasteiger partial charge in [0.15, 0.2) is 0 Å². The van der Waals surface area contributed by atoms with Crippen molar-refractivity contribution >= 4 is 0 Å². The van der Waals surface area contributed by atoms with E-state index in [-0.39, 0.29) is 36.6 Å². The summed E-state index contributed by atoms with van der Waals surface area (Å²) in [7, 11) is 3.52. The molecule has 1 saturated heterocycles. The quantitative estimate of drug-likeness (QED) is 0.780. The van der Waals surface area contributed by atoms with E-state index in [0.29, 0.717) is 0 Å². The molecule has 0 bridgehead atoms. The van der Waals surface area contributed by atoms with Gasteiger partial charge in [-0.1, -0.05) is 13.8 Å². The molecule has 4 heteroatoms. The van der Waals surface area contributed by atoms with Gasteiger partial charge in [0.2, 0.25) is 0 Å². The predicted octanol–water partition coefficient (Wildman–Crippen LogP) is 2.40. The molecular formula is C16H28O4. The van der Waals surface area contributed by atoms with Crippen LogP contribution < -0.4 is 0 Å². The standard InChI is InChI=1S/C16H28O4/c1-9-5-13-14(6-10(9)2)20-16-8-12(18-4)11(17-3)7-15(16)19-13/h9-16H,5-8H2,1-4H3. The highest BCUT2D eigenvalue weighted by atomic mass is 16.6. The van der Waals surface area contributed by atoms with Gasteiger partial charge in [0.1, 0.15) is 0 Å². The second-order valence-corrected chi connectivity index (χ2v) is 6.87. The van der Waals surface area contributed by atoms with E-state index >= 15 is 0 Å². The zero-order valence-corrected chi connectivity index (χ0v) is 13.1. The Morgan fingerprint density at radius 3 is 1.35 bits per heavy atom. The summed E-state index contributed by atoms with van der Waals surface area (Å²) in [6.07, 6.45) is 5.17. The minimum Gasteiger partial charge on any atom is -0.379 e. The van der Waals surface area contributed by atoms with Gasteiger partial charge in [-0.3, -0.25) is 0 Å². The lowest BCUT2D eigenvalue weighted by molar-refractivity contribution is -0.269. The first kappa shape index (κ1) is 14.8. The molecule has 8 atom stereocenters. The van der Waals surface area contributed by atoms with E-state index in [1.54, 1.807) is 14.2 Å². The molecule has 1 heterocycles. The summed E-state index contributed by atoms with van der Waals surface area (Å²) in [6.45, 7) is 4.66. The zero-order chi connectivity index (χ0) is 14.3. The predicted molar refractivity (Wildman–Crippen MR) is 75.7 cm³/mol. The molecule has 3 aliphatic rings. The van der Waals surface area contributed by atoms with E-state index in [4.69, 9.17) is 18.9 Å². The number of hydrogen-bond acceptors (Lipinski definition) is 4. The molecule has 0 aromatic rings. The van der Waals surface area contributed by atoms with Gasteiger partial charge >= 0.3 is 0 Å². The maximum atomic E-state index is 6.38. The summed E-state index contributed by atoms with van der Waals surface area (Å²) in [5.41, 5.74) is 0. The van der Waals surface area contributed by atoms with Crippen LogP contribution in [0.5, 0.6) is 0 Å². The molecular weight excluding hydrogens is 256 g/mol. The monoisotopic (exact) mass is 284 g/mol. The number of ether oxygens (including phenoxy) is 4. The van der Waals surface area contributed by atoms with Gasteiger partial charge in [-0.05, 0) is 24.7 Å². The Kier molecular flexibility index (Phi) is 4.37. The topological polar surface area (TPSA) is 36.9 Å².